The van der Waals surface area contributed by atoms with Crippen molar-refractivity contribution in [2.45, 2.75) is 33.6 Å². The Kier molecular flexibility index (Phi) is 6.21. The highest BCUT2D eigenvalue weighted by Gasteiger charge is 2.15. The third-order valence-corrected chi connectivity index (χ3v) is 3.56. The molecule has 0 bridgehead atoms. The first-order valence-electron chi connectivity index (χ1n) is 7.18. The van der Waals surface area contributed by atoms with E-state index in [9.17, 15) is 9.59 Å². The van der Waals surface area contributed by atoms with Crippen LogP contribution < -0.4 is 10.6 Å². The molecule has 1 aromatic carbocycles. The Morgan fingerprint density at radius 1 is 1.24 bits per heavy atom. The first kappa shape index (κ1) is 17.0. The van der Waals surface area contributed by atoms with Crippen LogP contribution >= 0.6 is 0 Å². The van der Waals surface area contributed by atoms with E-state index in [1.165, 1.54) is 0 Å². The summed E-state index contributed by atoms with van der Waals surface area (Å²) < 4.78 is 0. The molecule has 0 aromatic heterocycles. The molecule has 0 saturated carbocycles. The molecule has 1 aromatic rings. The van der Waals surface area contributed by atoms with Crippen molar-refractivity contribution in [3.8, 4) is 0 Å². The molecule has 0 fully saturated rings. The molecule has 0 aliphatic carbocycles. The lowest BCUT2D eigenvalue weighted by molar-refractivity contribution is 0.0696. The van der Waals surface area contributed by atoms with Crippen LogP contribution in [-0.2, 0) is 6.42 Å². The number of rotatable bonds is 7. The van der Waals surface area contributed by atoms with Gasteiger partial charge in [-0.1, -0.05) is 32.9 Å². The summed E-state index contributed by atoms with van der Waals surface area (Å²) in [7, 11) is 0. The SMILES string of the molecule is CCC(C)(C)CNC(=O)NCCc1cccc(C(=O)O)c1. The highest BCUT2D eigenvalue weighted by molar-refractivity contribution is 5.87. The Labute approximate surface area is 125 Å². The molecule has 0 aliphatic rings. The van der Waals surface area contributed by atoms with Gasteiger partial charge in [0.1, 0.15) is 0 Å². The smallest absolute Gasteiger partial charge is 0.335 e. The van der Waals surface area contributed by atoms with Crippen LogP contribution in [0.2, 0.25) is 0 Å². The van der Waals surface area contributed by atoms with Crippen LogP contribution in [-0.4, -0.2) is 30.2 Å². The maximum absolute atomic E-state index is 11.7. The number of carbonyl (C=O) groups excluding carboxylic acids is 1. The molecule has 0 saturated heterocycles. The number of benzene rings is 1. The fourth-order valence-corrected chi connectivity index (χ4v) is 1.69. The molecule has 0 radical (unpaired) electrons. The lowest BCUT2D eigenvalue weighted by Crippen LogP contribution is -2.41. The second-order valence-electron chi connectivity index (χ2n) is 5.88. The van der Waals surface area contributed by atoms with Crippen molar-refractivity contribution in [1.29, 1.82) is 0 Å². The minimum absolute atomic E-state index is 0.0904. The van der Waals surface area contributed by atoms with Crippen molar-refractivity contribution in [3.63, 3.8) is 0 Å². The number of carbonyl (C=O) groups is 2. The van der Waals surface area contributed by atoms with E-state index in [4.69, 9.17) is 5.11 Å². The average Bonchev–Trinajstić information content (AvgIpc) is 2.45. The van der Waals surface area contributed by atoms with Crippen molar-refractivity contribution >= 4 is 12.0 Å². The number of carboxylic acid groups (broad SMARTS) is 1. The third-order valence-electron chi connectivity index (χ3n) is 3.56. The first-order chi connectivity index (χ1) is 9.84. The van der Waals surface area contributed by atoms with E-state index < -0.39 is 5.97 Å². The second kappa shape index (κ2) is 7.67. The highest BCUT2D eigenvalue weighted by Crippen LogP contribution is 2.17. The monoisotopic (exact) mass is 292 g/mol. The number of amides is 2. The number of nitrogens with one attached hydrogen (secondary N) is 2. The fourth-order valence-electron chi connectivity index (χ4n) is 1.69. The van der Waals surface area contributed by atoms with Gasteiger partial charge in [0.25, 0.3) is 0 Å². The minimum Gasteiger partial charge on any atom is -0.478 e. The summed E-state index contributed by atoms with van der Waals surface area (Å²) in [6, 6.07) is 6.56. The molecule has 116 valence electrons. The van der Waals surface area contributed by atoms with Gasteiger partial charge in [0, 0.05) is 13.1 Å². The molecular weight excluding hydrogens is 268 g/mol. The zero-order chi connectivity index (χ0) is 15.9. The van der Waals surface area contributed by atoms with E-state index in [-0.39, 0.29) is 17.0 Å². The van der Waals surface area contributed by atoms with Crippen LogP contribution in [0.3, 0.4) is 0 Å². The summed E-state index contributed by atoms with van der Waals surface area (Å²) >= 11 is 0. The maximum Gasteiger partial charge on any atom is 0.335 e. The normalized spacial score (nSPS) is 11.0. The second-order valence-corrected chi connectivity index (χ2v) is 5.88. The first-order valence-corrected chi connectivity index (χ1v) is 7.18. The lowest BCUT2D eigenvalue weighted by atomic mass is 9.90. The molecule has 2 amide bonds. The van der Waals surface area contributed by atoms with Gasteiger partial charge < -0.3 is 15.7 Å². The quantitative estimate of drug-likeness (QED) is 0.723. The Morgan fingerprint density at radius 2 is 1.95 bits per heavy atom. The van der Waals surface area contributed by atoms with Gasteiger partial charge in [-0.15, -0.1) is 0 Å². The Morgan fingerprint density at radius 3 is 2.57 bits per heavy atom. The Hall–Kier alpha value is -2.04. The number of hydrogen-bond acceptors (Lipinski definition) is 2. The van der Waals surface area contributed by atoms with Crippen molar-refractivity contribution in [3.05, 3.63) is 35.4 Å². The van der Waals surface area contributed by atoms with Crippen LogP contribution in [0.1, 0.15) is 43.1 Å². The molecule has 3 N–H and O–H groups in total. The van der Waals surface area contributed by atoms with E-state index >= 15 is 0 Å². The predicted molar refractivity (Wildman–Crippen MR) is 82.6 cm³/mol. The molecule has 0 heterocycles. The van der Waals surface area contributed by atoms with Gasteiger partial charge in [-0.2, -0.15) is 0 Å². The summed E-state index contributed by atoms with van der Waals surface area (Å²) in [5.41, 5.74) is 1.25. The summed E-state index contributed by atoms with van der Waals surface area (Å²) in [6.07, 6.45) is 1.60. The standard InChI is InChI=1S/C16H24N2O3/c1-4-16(2,3)11-18-15(21)17-9-8-12-6-5-7-13(10-12)14(19)20/h5-7,10H,4,8-9,11H2,1-3H3,(H,19,20)(H2,17,18,21). The van der Waals surface area contributed by atoms with E-state index in [0.717, 1.165) is 12.0 Å². The van der Waals surface area contributed by atoms with Crippen LogP contribution in [0.25, 0.3) is 0 Å². The average molecular weight is 292 g/mol. The molecule has 1 rings (SSSR count). The molecule has 0 aliphatic heterocycles. The van der Waals surface area contributed by atoms with Gasteiger partial charge in [-0.05, 0) is 36.0 Å². The predicted octanol–water partition coefficient (Wildman–Crippen LogP) is 2.66. The molecule has 0 atom stereocenters. The molecule has 0 unspecified atom stereocenters. The van der Waals surface area contributed by atoms with Gasteiger partial charge in [0.05, 0.1) is 5.56 Å². The zero-order valence-electron chi connectivity index (χ0n) is 12.9. The van der Waals surface area contributed by atoms with Crippen LogP contribution in [0.5, 0.6) is 0 Å². The maximum atomic E-state index is 11.7. The van der Waals surface area contributed by atoms with Gasteiger partial charge in [-0.25, -0.2) is 9.59 Å². The van der Waals surface area contributed by atoms with Crippen molar-refractivity contribution in [2.24, 2.45) is 5.41 Å². The van der Waals surface area contributed by atoms with Crippen LogP contribution in [0.4, 0.5) is 4.79 Å². The van der Waals surface area contributed by atoms with Crippen molar-refractivity contribution < 1.29 is 14.7 Å². The lowest BCUT2D eigenvalue weighted by Gasteiger charge is -2.22. The zero-order valence-corrected chi connectivity index (χ0v) is 12.9. The van der Waals surface area contributed by atoms with Gasteiger partial charge in [0.15, 0.2) is 0 Å². The third kappa shape index (κ3) is 6.29. The molecular formula is C16H24N2O3. The number of hydrogen-bond donors (Lipinski definition) is 3. The van der Waals surface area contributed by atoms with Gasteiger partial charge in [-0.3, -0.25) is 0 Å². The molecule has 5 nitrogen and oxygen atoms in total. The number of urea groups is 1. The van der Waals surface area contributed by atoms with Crippen LogP contribution in [0, 0.1) is 5.41 Å². The van der Waals surface area contributed by atoms with Gasteiger partial charge in [0.2, 0.25) is 0 Å². The molecule has 5 heteroatoms. The molecule has 0 spiro atoms. The van der Waals surface area contributed by atoms with E-state index in [0.29, 0.717) is 19.5 Å². The van der Waals surface area contributed by atoms with Crippen LogP contribution in [0.15, 0.2) is 24.3 Å². The summed E-state index contributed by atoms with van der Waals surface area (Å²) in [4.78, 5) is 22.5. The minimum atomic E-state index is -0.940. The van der Waals surface area contributed by atoms with E-state index in [1.54, 1.807) is 18.2 Å². The van der Waals surface area contributed by atoms with E-state index in [2.05, 4.69) is 31.4 Å². The van der Waals surface area contributed by atoms with Crippen molar-refractivity contribution in [2.75, 3.05) is 13.1 Å². The molecule has 21 heavy (non-hydrogen) atoms. The highest BCUT2D eigenvalue weighted by atomic mass is 16.4. The topological polar surface area (TPSA) is 78.4 Å². The van der Waals surface area contributed by atoms with E-state index in [1.807, 2.05) is 6.07 Å². The number of carboxylic acids is 1. The Balaban J connectivity index is 2.35. The summed E-state index contributed by atoms with van der Waals surface area (Å²) in [5, 5.41) is 14.5. The number of aromatic carboxylic acids is 1. The summed E-state index contributed by atoms with van der Waals surface area (Å²) in [5.74, 6) is -0.940. The Bertz CT molecular complexity index is 498. The summed E-state index contributed by atoms with van der Waals surface area (Å²) in [6.45, 7) is 7.40. The van der Waals surface area contributed by atoms with Crippen molar-refractivity contribution in [1.82, 2.24) is 10.6 Å². The van der Waals surface area contributed by atoms with Gasteiger partial charge >= 0.3 is 12.0 Å². The largest absolute Gasteiger partial charge is 0.478 e. The fraction of sp³-hybridized carbons (Fsp3) is 0.500.